The van der Waals surface area contributed by atoms with Crippen LogP contribution in [-0.2, 0) is 6.54 Å². The summed E-state index contributed by atoms with van der Waals surface area (Å²) in [4.78, 5) is 12.5. The highest BCUT2D eigenvalue weighted by molar-refractivity contribution is 9.10. The summed E-state index contributed by atoms with van der Waals surface area (Å²) in [5.74, 6) is -0.222. The Morgan fingerprint density at radius 1 is 1.32 bits per heavy atom. The average Bonchev–Trinajstić information content (AvgIpc) is 2.92. The third-order valence-corrected chi connectivity index (χ3v) is 4.39. The summed E-state index contributed by atoms with van der Waals surface area (Å²) in [7, 11) is 0. The molecule has 3 aromatic rings. The number of rotatable bonds is 4. The van der Waals surface area contributed by atoms with Crippen LogP contribution in [0.5, 0.6) is 0 Å². The van der Waals surface area contributed by atoms with Crippen molar-refractivity contribution in [2.24, 2.45) is 0 Å². The third-order valence-electron chi connectivity index (χ3n) is 3.66. The van der Waals surface area contributed by atoms with Crippen LogP contribution in [0.3, 0.4) is 0 Å². The summed E-state index contributed by atoms with van der Waals surface area (Å²) in [6.07, 6.45) is 0. The van der Waals surface area contributed by atoms with Gasteiger partial charge in [0.15, 0.2) is 11.5 Å². The Morgan fingerprint density at radius 3 is 2.88 bits per heavy atom. The van der Waals surface area contributed by atoms with Crippen molar-refractivity contribution in [3.8, 4) is 0 Å². The number of nitrogens with zero attached hydrogens (tertiary/aromatic N) is 3. The van der Waals surface area contributed by atoms with E-state index in [4.69, 9.17) is 17.3 Å². The van der Waals surface area contributed by atoms with Gasteiger partial charge in [0.2, 0.25) is 0 Å². The highest BCUT2D eigenvalue weighted by Crippen LogP contribution is 2.22. The van der Waals surface area contributed by atoms with Crippen molar-refractivity contribution in [2.45, 2.75) is 13.5 Å². The lowest BCUT2D eigenvalue weighted by molar-refractivity contribution is 0.102. The van der Waals surface area contributed by atoms with Gasteiger partial charge in [0.05, 0.1) is 6.54 Å². The Bertz CT molecular complexity index is 941. The normalized spacial score (nSPS) is 10.7. The predicted molar refractivity (Wildman–Crippen MR) is 102 cm³/mol. The first kappa shape index (κ1) is 17.4. The molecular weight excluding hydrogens is 406 g/mol. The Morgan fingerprint density at radius 2 is 2.12 bits per heavy atom. The third kappa shape index (κ3) is 4.00. The maximum Gasteiger partial charge on any atom is 0.280 e. The number of nitrogens with one attached hydrogen (secondary N) is 1. The Labute approximate surface area is 158 Å². The van der Waals surface area contributed by atoms with Crippen molar-refractivity contribution in [1.82, 2.24) is 15.0 Å². The molecule has 8 heteroatoms. The minimum absolute atomic E-state index is 0.0781. The molecule has 1 amide bonds. The molecule has 0 bridgehead atoms. The van der Waals surface area contributed by atoms with Gasteiger partial charge in [-0.25, -0.2) is 4.68 Å². The molecule has 6 nitrogen and oxygen atoms in total. The van der Waals surface area contributed by atoms with E-state index < -0.39 is 5.91 Å². The fraction of sp³-hybridized carbons (Fsp3) is 0.118. The molecule has 3 rings (SSSR count). The maximum absolute atomic E-state index is 12.5. The molecule has 0 saturated carbocycles. The first-order valence-electron chi connectivity index (χ1n) is 7.45. The maximum atomic E-state index is 12.5. The molecule has 0 radical (unpaired) electrons. The number of anilines is 2. The van der Waals surface area contributed by atoms with E-state index in [0.717, 1.165) is 15.6 Å². The number of halogens is 2. The number of carbonyl (C=O) groups excluding carboxylic acids is 1. The van der Waals surface area contributed by atoms with Crippen LogP contribution in [0.15, 0.2) is 46.9 Å². The lowest BCUT2D eigenvalue weighted by atomic mass is 10.2. The summed E-state index contributed by atoms with van der Waals surface area (Å²) >= 11 is 9.39. The Hall–Kier alpha value is -2.38. The molecule has 0 saturated heterocycles. The Balaban J connectivity index is 1.80. The summed E-state index contributed by atoms with van der Waals surface area (Å²) < 4.78 is 2.44. The Kier molecular flexibility index (Phi) is 5.06. The number of hydrogen-bond acceptors (Lipinski definition) is 4. The zero-order valence-corrected chi connectivity index (χ0v) is 15.7. The minimum Gasteiger partial charge on any atom is -0.382 e. The molecule has 0 unspecified atom stereocenters. The van der Waals surface area contributed by atoms with Crippen LogP contribution in [0.2, 0.25) is 5.02 Å². The van der Waals surface area contributed by atoms with Gasteiger partial charge in [0.1, 0.15) is 0 Å². The van der Waals surface area contributed by atoms with Crippen LogP contribution in [0, 0.1) is 6.92 Å². The predicted octanol–water partition coefficient (Wildman–Crippen LogP) is 3.89. The number of nitrogens with two attached hydrogens (primary N) is 1. The topological polar surface area (TPSA) is 85.8 Å². The van der Waals surface area contributed by atoms with Crippen LogP contribution in [-0.4, -0.2) is 20.9 Å². The fourth-order valence-electron chi connectivity index (χ4n) is 2.32. The molecule has 0 aliphatic rings. The molecule has 1 aromatic heterocycles. The van der Waals surface area contributed by atoms with Crippen molar-refractivity contribution >= 4 is 44.9 Å². The number of amides is 1. The first-order valence-corrected chi connectivity index (χ1v) is 8.62. The van der Waals surface area contributed by atoms with Gasteiger partial charge in [0, 0.05) is 15.2 Å². The zero-order valence-electron chi connectivity index (χ0n) is 13.3. The van der Waals surface area contributed by atoms with Gasteiger partial charge >= 0.3 is 0 Å². The molecular formula is C17H15BrClN5O. The zero-order chi connectivity index (χ0) is 18.0. The average molecular weight is 421 g/mol. The highest BCUT2D eigenvalue weighted by Gasteiger charge is 2.18. The number of nitrogen functional groups attached to an aromatic ring is 1. The van der Waals surface area contributed by atoms with Crippen molar-refractivity contribution in [1.29, 1.82) is 0 Å². The molecule has 1 heterocycles. The van der Waals surface area contributed by atoms with Crippen LogP contribution in [0.1, 0.15) is 21.6 Å². The smallest absolute Gasteiger partial charge is 0.280 e. The SMILES string of the molecule is Cc1ccc(Cl)cc1NC(=O)c1nnn(Cc2cccc(Br)c2)c1N. The highest BCUT2D eigenvalue weighted by atomic mass is 79.9. The van der Waals surface area contributed by atoms with Gasteiger partial charge in [-0.3, -0.25) is 4.79 Å². The van der Waals surface area contributed by atoms with E-state index in [0.29, 0.717) is 17.3 Å². The second-order valence-electron chi connectivity index (χ2n) is 5.52. The molecule has 0 spiro atoms. The minimum atomic E-state index is -0.427. The van der Waals surface area contributed by atoms with E-state index in [2.05, 4.69) is 31.6 Å². The number of aryl methyl sites for hydroxylation is 1. The van der Waals surface area contributed by atoms with E-state index in [1.807, 2.05) is 37.3 Å². The number of carbonyl (C=O) groups is 1. The lowest BCUT2D eigenvalue weighted by Gasteiger charge is -2.08. The van der Waals surface area contributed by atoms with E-state index in [1.54, 1.807) is 12.1 Å². The molecule has 0 atom stereocenters. The van der Waals surface area contributed by atoms with Crippen molar-refractivity contribution < 1.29 is 4.79 Å². The fourth-order valence-corrected chi connectivity index (χ4v) is 2.94. The van der Waals surface area contributed by atoms with Gasteiger partial charge < -0.3 is 11.1 Å². The van der Waals surface area contributed by atoms with E-state index >= 15 is 0 Å². The van der Waals surface area contributed by atoms with Crippen LogP contribution in [0.4, 0.5) is 11.5 Å². The van der Waals surface area contributed by atoms with Crippen LogP contribution >= 0.6 is 27.5 Å². The number of aromatic nitrogens is 3. The van der Waals surface area contributed by atoms with Crippen molar-refractivity contribution in [2.75, 3.05) is 11.1 Å². The van der Waals surface area contributed by atoms with E-state index in [9.17, 15) is 4.79 Å². The first-order chi connectivity index (χ1) is 11.9. The molecule has 0 aliphatic carbocycles. The van der Waals surface area contributed by atoms with Gasteiger partial charge in [0.25, 0.3) is 5.91 Å². The van der Waals surface area contributed by atoms with Gasteiger partial charge in [-0.05, 0) is 42.3 Å². The molecule has 3 N–H and O–H groups in total. The summed E-state index contributed by atoms with van der Waals surface area (Å²) in [6, 6.07) is 13.0. The monoisotopic (exact) mass is 419 g/mol. The molecule has 2 aromatic carbocycles. The lowest BCUT2D eigenvalue weighted by Crippen LogP contribution is -2.16. The standard InChI is InChI=1S/C17H15BrClN5O/c1-10-5-6-13(19)8-14(10)21-17(25)15-16(20)24(23-22-15)9-11-3-2-4-12(18)7-11/h2-8H,9,20H2,1H3,(H,21,25). The van der Waals surface area contributed by atoms with Crippen LogP contribution < -0.4 is 11.1 Å². The van der Waals surface area contributed by atoms with Crippen molar-refractivity contribution in [3.05, 3.63) is 68.8 Å². The van der Waals surface area contributed by atoms with Crippen molar-refractivity contribution in [3.63, 3.8) is 0 Å². The summed E-state index contributed by atoms with van der Waals surface area (Å²) in [5, 5.41) is 11.2. The molecule has 128 valence electrons. The molecule has 0 aliphatic heterocycles. The molecule has 0 fully saturated rings. The van der Waals surface area contributed by atoms with Gasteiger partial charge in [-0.15, -0.1) is 5.10 Å². The van der Waals surface area contributed by atoms with E-state index in [-0.39, 0.29) is 11.5 Å². The number of hydrogen-bond donors (Lipinski definition) is 2. The summed E-state index contributed by atoms with van der Waals surface area (Å²) in [5.41, 5.74) is 8.62. The second-order valence-corrected chi connectivity index (χ2v) is 6.88. The van der Waals surface area contributed by atoms with Gasteiger partial charge in [-0.2, -0.15) is 0 Å². The molecule has 25 heavy (non-hydrogen) atoms. The second kappa shape index (κ2) is 7.25. The van der Waals surface area contributed by atoms with E-state index in [1.165, 1.54) is 4.68 Å². The van der Waals surface area contributed by atoms with Gasteiger partial charge in [-0.1, -0.05) is 50.9 Å². The number of benzene rings is 2. The van der Waals surface area contributed by atoms with Crippen LogP contribution in [0.25, 0.3) is 0 Å². The quantitative estimate of drug-likeness (QED) is 0.670. The largest absolute Gasteiger partial charge is 0.382 e. The summed E-state index contributed by atoms with van der Waals surface area (Å²) in [6.45, 7) is 2.29.